The van der Waals surface area contributed by atoms with E-state index < -0.39 is 17.8 Å². The van der Waals surface area contributed by atoms with E-state index in [0.29, 0.717) is 10.8 Å². The van der Waals surface area contributed by atoms with Gasteiger partial charge in [0.2, 0.25) is 0 Å². The fraction of sp³-hybridized carbons (Fsp3) is 0. The molecule has 10 heteroatoms. The van der Waals surface area contributed by atoms with Crippen LogP contribution in [0, 0.1) is 5.82 Å². The number of benzene rings is 4. The Hall–Kier alpha value is -3.03. The van der Waals surface area contributed by atoms with Crippen LogP contribution < -0.4 is 15.4 Å². The number of urea groups is 1. The van der Waals surface area contributed by atoms with Gasteiger partial charge in [-0.3, -0.25) is 10.1 Å². The maximum absolute atomic E-state index is 13.8. The first-order chi connectivity index (χ1) is 16.3. The predicted octanol–water partition coefficient (Wildman–Crippen LogP) is 8.35. The van der Waals surface area contributed by atoms with Gasteiger partial charge in [-0.05, 0) is 30.3 Å². The number of amides is 3. The van der Waals surface area contributed by atoms with E-state index in [4.69, 9.17) is 51.1 Å². The summed E-state index contributed by atoms with van der Waals surface area (Å²) in [6.45, 7) is 0. The zero-order chi connectivity index (χ0) is 24.4. The van der Waals surface area contributed by atoms with E-state index in [1.807, 2.05) is 29.6 Å². The topological polar surface area (TPSA) is 67.4 Å². The summed E-state index contributed by atoms with van der Waals surface area (Å²) in [7, 11) is 0. The number of hydrogen-bond acceptors (Lipinski definition) is 3. The average molecular weight is 538 g/mol. The quantitative estimate of drug-likeness (QED) is 0.257. The Morgan fingerprint density at radius 3 is 2.21 bits per heavy atom. The first kappa shape index (κ1) is 24.1. The molecule has 0 saturated heterocycles. The number of nitrogens with one attached hydrogen (secondary N) is 2. The van der Waals surface area contributed by atoms with E-state index in [2.05, 4.69) is 5.32 Å². The molecule has 5 nitrogen and oxygen atoms in total. The second-order valence-corrected chi connectivity index (χ2v) is 8.51. The molecule has 4 aromatic rings. The van der Waals surface area contributed by atoms with Crippen LogP contribution in [0.15, 0.2) is 66.7 Å². The second-order valence-electron chi connectivity index (χ2n) is 6.94. The third-order valence-corrected chi connectivity index (χ3v) is 6.21. The molecule has 0 saturated carbocycles. The largest absolute Gasteiger partial charge is 0.454 e. The fourth-order valence-electron chi connectivity index (χ4n) is 3.17. The lowest BCUT2D eigenvalue weighted by atomic mass is 10.1. The van der Waals surface area contributed by atoms with Crippen LogP contribution in [0.5, 0.6) is 11.5 Å². The van der Waals surface area contributed by atoms with Crippen molar-refractivity contribution < 1.29 is 18.7 Å². The number of fused-ring (bicyclic) bond motifs is 1. The minimum atomic E-state index is -0.959. The second kappa shape index (κ2) is 10.1. The number of carbonyl (C=O) groups excluding carboxylic acids is 2. The van der Waals surface area contributed by atoms with Gasteiger partial charge in [0.05, 0.1) is 21.3 Å². The molecular formula is C24H13Cl4FN2O3. The summed E-state index contributed by atoms with van der Waals surface area (Å²) >= 11 is 25.3. The van der Waals surface area contributed by atoms with Gasteiger partial charge in [0, 0.05) is 15.8 Å². The average Bonchev–Trinajstić information content (AvgIpc) is 2.82. The highest BCUT2D eigenvalue weighted by Gasteiger charge is 2.21. The standard InChI is InChI=1S/C24H13Cl4FN2O3/c25-15-9-10-19(13-6-2-1-5-12(13)15)34-22-16(26)11-18(20(27)21(22)28)30-24(33)31-23(32)14-7-3-4-8-17(14)29/h1-11H,(H2,30,31,32,33). The number of halogens is 5. The van der Waals surface area contributed by atoms with Crippen molar-refractivity contribution in [2.75, 3.05) is 5.32 Å². The van der Waals surface area contributed by atoms with Crippen LogP contribution in [0.2, 0.25) is 20.1 Å². The first-order valence-electron chi connectivity index (χ1n) is 9.65. The van der Waals surface area contributed by atoms with Crippen molar-refractivity contribution in [3.8, 4) is 11.5 Å². The van der Waals surface area contributed by atoms with Gasteiger partial charge in [-0.2, -0.15) is 0 Å². The normalized spacial score (nSPS) is 10.7. The predicted molar refractivity (Wildman–Crippen MR) is 133 cm³/mol. The van der Waals surface area contributed by atoms with E-state index in [9.17, 15) is 14.0 Å². The summed E-state index contributed by atoms with van der Waals surface area (Å²) in [4.78, 5) is 24.4. The minimum absolute atomic E-state index is 0.0174. The van der Waals surface area contributed by atoms with Crippen molar-refractivity contribution in [3.05, 3.63) is 98.2 Å². The van der Waals surface area contributed by atoms with Gasteiger partial charge in [-0.15, -0.1) is 0 Å². The smallest absolute Gasteiger partial charge is 0.326 e. The van der Waals surface area contributed by atoms with Gasteiger partial charge in [-0.25, -0.2) is 9.18 Å². The number of rotatable bonds is 4. The number of hydrogen-bond donors (Lipinski definition) is 2. The van der Waals surface area contributed by atoms with Gasteiger partial charge < -0.3 is 10.1 Å². The van der Waals surface area contributed by atoms with Crippen LogP contribution in [0.25, 0.3) is 10.8 Å². The van der Waals surface area contributed by atoms with Crippen LogP contribution in [-0.4, -0.2) is 11.9 Å². The van der Waals surface area contributed by atoms with Gasteiger partial charge in [-0.1, -0.05) is 82.8 Å². The molecule has 0 aliphatic carbocycles. The van der Waals surface area contributed by atoms with Crippen molar-refractivity contribution in [2.24, 2.45) is 0 Å². The Kier molecular flexibility index (Phi) is 7.14. The van der Waals surface area contributed by atoms with Gasteiger partial charge in [0.15, 0.2) is 5.75 Å². The Bertz CT molecular complexity index is 1450. The molecule has 3 amide bonds. The molecular weight excluding hydrogens is 525 g/mol. The van der Waals surface area contributed by atoms with Crippen molar-refractivity contribution in [3.63, 3.8) is 0 Å². The van der Waals surface area contributed by atoms with Crippen molar-refractivity contribution in [1.82, 2.24) is 5.32 Å². The molecule has 0 aliphatic heterocycles. The summed E-state index contributed by atoms with van der Waals surface area (Å²) in [5, 5.41) is 6.34. The highest BCUT2D eigenvalue weighted by Crippen LogP contribution is 2.46. The molecule has 0 unspecified atom stereocenters. The molecule has 0 fully saturated rings. The van der Waals surface area contributed by atoms with Crippen LogP contribution >= 0.6 is 46.4 Å². The molecule has 4 aromatic carbocycles. The molecule has 0 bridgehead atoms. The lowest BCUT2D eigenvalue weighted by molar-refractivity contribution is 0.0963. The minimum Gasteiger partial charge on any atom is -0.454 e. The summed E-state index contributed by atoms with van der Waals surface area (Å²) < 4.78 is 19.7. The molecule has 0 spiro atoms. The maximum Gasteiger partial charge on any atom is 0.326 e. The Morgan fingerprint density at radius 1 is 0.794 bits per heavy atom. The van der Waals surface area contributed by atoms with E-state index in [1.54, 1.807) is 12.1 Å². The van der Waals surface area contributed by atoms with Crippen molar-refractivity contribution >= 4 is 74.8 Å². The van der Waals surface area contributed by atoms with Crippen LogP contribution in [0.4, 0.5) is 14.9 Å². The third kappa shape index (κ3) is 4.91. The fourth-order valence-corrected chi connectivity index (χ4v) is 4.11. The Labute approximate surface area is 213 Å². The molecule has 0 aromatic heterocycles. The van der Waals surface area contributed by atoms with Crippen LogP contribution in [0.1, 0.15) is 10.4 Å². The molecule has 4 rings (SSSR count). The number of imide groups is 1. The maximum atomic E-state index is 13.8. The lowest BCUT2D eigenvalue weighted by Crippen LogP contribution is -2.34. The zero-order valence-electron chi connectivity index (χ0n) is 17.0. The van der Waals surface area contributed by atoms with Gasteiger partial charge in [0.1, 0.15) is 16.6 Å². The van der Waals surface area contributed by atoms with E-state index in [-0.39, 0.29) is 32.1 Å². The van der Waals surface area contributed by atoms with Gasteiger partial charge >= 0.3 is 6.03 Å². The number of carbonyl (C=O) groups is 2. The summed E-state index contributed by atoms with van der Waals surface area (Å²) in [5.74, 6) is -1.20. The van der Waals surface area contributed by atoms with E-state index in [0.717, 1.165) is 16.8 Å². The lowest BCUT2D eigenvalue weighted by Gasteiger charge is -2.16. The SMILES string of the molecule is O=C(NC(=O)c1ccccc1F)Nc1cc(Cl)c(Oc2ccc(Cl)c3ccccc23)c(Cl)c1Cl. The highest BCUT2D eigenvalue weighted by atomic mass is 35.5. The number of ether oxygens (including phenoxy) is 1. The van der Waals surface area contributed by atoms with E-state index >= 15 is 0 Å². The zero-order valence-corrected chi connectivity index (χ0v) is 20.0. The van der Waals surface area contributed by atoms with Crippen LogP contribution in [-0.2, 0) is 0 Å². The Balaban J connectivity index is 1.57. The van der Waals surface area contributed by atoms with Crippen molar-refractivity contribution in [1.29, 1.82) is 0 Å². The molecule has 0 atom stereocenters. The van der Waals surface area contributed by atoms with E-state index in [1.165, 1.54) is 24.3 Å². The molecule has 2 N–H and O–H groups in total. The van der Waals surface area contributed by atoms with Gasteiger partial charge in [0.25, 0.3) is 5.91 Å². The Morgan fingerprint density at radius 2 is 1.47 bits per heavy atom. The molecule has 172 valence electrons. The molecule has 34 heavy (non-hydrogen) atoms. The van der Waals surface area contributed by atoms with Crippen LogP contribution in [0.3, 0.4) is 0 Å². The van der Waals surface area contributed by atoms with Crippen molar-refractivity contribution in [2.45, 2.75) is 0 Å². The third-order valence-electron chi connectivity index (χ3n) is 4.75. The summed E-state index contributed by atoms with van der Waals surface area (Å²) in [5.41, 5.74) is -0.275. The molecule has 0 radical (unpaired) electrons. The first-order valence-corrected chi connectivity index (χ1v) is 11.2. The molecule has 0 heterocycles. The highest BCUT2D eigenvalue weighted by molar-refractivity contribution is 6.46. The summed E-state index contributed by atoms with van der Waals surface area (Å²) in [6.07, 6.45) is 0. The number of anilines is 1. The molecule has 0 aliphatic rings. The monoisotopic (exact) mass is 536 g/mol. The summed E-state index contributed by atoms with van der Waals surface area (Å²) in [6, 6.07) is 16.3.